The Kier molecular flexibility index (Phi) is 3.89. The lowest BCUT2D eigenvalue weighted by Crippen LogP contribution is -2.45. The summed E-state index contributed by atoms with van der Waals surface area (Å²) in [5.74, 6) is 0.962. The van der Waals surface area contributed by atoms with Crippen molar-refractivity contribution < 1.29 is 19.0 Å². The predicted octanol–water partition coefficient (Wildman–Crippen LogP) is 1.42. The van der Waals surface area contributed by atoms with Gasteiger partial charge in [-0.3, -0.25) is 0 Å². The topological polar surface area (TPSA) is 68.8 Å². The van der Waals surface area contributed by atoms with Gasteiger partial charge in [0.15, 0.2) is 16.6 Å². The summed E-state index contributed by atoms with van der Waals surface area (Å²) in [5, 5.41) is 6.51. The first-order valence-electron chi connectivity index (χ1n) is 6.86. The SMILES string of the molecule is COC(=O)C1=C(C)NC(=S)N[C@H]1c1ccc2c(c1)OCCO2. The number of hydrogen-bond acceptors (Lipinski definition) is 5. The van der Waals surface area contributed by atoms with Crippen molar-refractivity contribution in [3.05, 3.63) is 35.0 Å². The van der Waals surface area contributed by atoms with Gasteiger partial charge in [-0.25, -0.2) is 4.79 Å². The van der Waals surface area contributed by atoms with Crippen LogP contribution in [0.4, 0.5) is 0 Å². The summed E-state index contributed by atoms with van der Waals surface area (Å²) in [6.07, 6.45) is 0. The third-order valence-electron chi connectivity index (χ3n) is 3.57. The van der Waals surface area contributed by atoms with Crippen LogP contribution in [0.3, 0.4) is 0 Å². The van der Waals surface area contributed by atoms with E-state index in [0.29, 0.717) is 41.1 Å². The lowest BCUT2D eigenvalue weighted by atomic mass is 9.95. The Labute approximate surface area is 133 Å². The van der Waals surface area contributed by atoms with Crippen molar-refractivity contribution in [1.82, 2.24) is 10.6 Å². The molecule has 0 amide bonds. The van der Waals surface area contributed by atoms with E-state index in [1.807, 2.05) is 18.2 Å². The number of allylic oxidation sites excluding steroid dienone is 1. The standard InChI is InChI=1S/C15H16N2O4S/c1-8-12(14(18)19-2)13(17-15(22)16-8)9-3-4-10-11(7-9)21-6-5-20-10/h3-4,7,13H,5-6H2,1-2H3,(H2,16,17,22)/t13-/m0/s1. The second-order valence-electron chi connectivity index (χ2n) is 4.96. The fourth-order valence-electron chi connectivity index (χ4n) is 2.56. The van der Waals surface area contributed by atoms with E-state index >= 15 is 0 Å². The summed E-state index contributed by atoms with van der Waals surface area (Å²) in [6, 6.07) is 5.18. The Hall–Kier alpha value is -2.28. The highest BCUT2D eigenvalue weighted by atomic mass is 32.1. The van der Waals surface area contributed by atoms with Gasteiger partial charge in [-0.2, -0.15) is 0 Å². The van der Waals surface area contributed by atoms with E-state index in [4.69, 9.17) is 26.4 Å². The molecule has 1 atom stereocenters. The monoisotopic (exact) mass is 320 g/mol. The molecule has 0 saturated heterocycles. The minimum Gasteiger partial charge on any atom is -0.486 e. The summed E-state index contributed by atoms with van der Waals surface area (Å²) >= 11 is 5.19. The van der Waals surface area contributed by atoms with E-state index in [0.717, 1.165) is 5.56 Å². The Morgan fingerprint density at radius 3 is 2.77 bits per heavy atom. The summed E-state index contributed by atoms with van der Waals surface area (Å²) < 4.78 is 16.0. The normalized spacial score (nSPS) is 20.1. The highest BCUT2D eigenvalue weighted by molar-refractivity contribution is 7.80. The highest BCUT2D eigenvalue weighted by Gasteiger charge is 2.31. The van der Waals surface area contributed by atoms with Crippen LogP contribution in [0.15, 0.2) is 29.5 Å². The first kappa shape index (κ1) is 14.6. The second-order valence-corrected chi connectivity index (χ2v) is 5.37. The van der Waals surface area contributed by atoms with Gasteiger partial charge in [-0.15, -0.1) is 0 Å². The van der Waals surface area contributed by atoms with Crippen LogP contribution >= 0.6 is 12.2 Å². The van der Waals surface area contributed by atoms with Gasteiger partial charge in [-0.05, 0) is 36.8 Å². The fourth-order valence-corrected chi connectivity index (χ4v) is 2.83. The fraction of sp³-hybridized carbons (Fsp3) is 0.333. The molecule has 3 rings (SSSR count). The Balaban J connectivity index is 2.02. The number of esters is 1. The molecule has 0 radical (unpaired) electrons. The maximum atomic E-state index is 12.1. The summed E-state index contributed by atoms with van der Waals surface area (Å²) in [7, 11) is 1.36. The number of rotatable bonds is 2. The number of benzene rings is 1. The van der Waals surface area contributed by atoms with Crippen LogP contribution in [-0.4, -0.2) is 31.4 Å². The average molecular weight is 320 g/mol. The molecule has 0 fully saturated rings. The first-order valence-corrected chi connectivity index (χ1v) is 7.27. The quantitative estimate of drug-likeness (QED) is 0.631. The van der Waals surface area contributed by atoms with Crippen LogP contribution in [0.2, 0.25) is 0 Å². The molecule has 2 aliphatic rings. The third kappa shape index (κ3) is 2.59. The number of fused-ring (bicyclic) bond motifs is 1. The van der Waals surface area contributed by atoms with E-state index < -0.39 is 12.0 Å². The van der Waals surface area contributed by atoms with E-state index in [1.165, 1.54) is 7.11 Å². The molecule has 0 aromatic heterocycles. The smallest absolute Gasteiger partial charge is 0.337 e. The van der Waals surface area contributed by atoms with Crippen LogP contribution in [0.25, 0.3) is 0 Å². The molecule has 1 aromatic rings. The zero-order valence-corrected chi connectivity index (χ0v) is 13.1. The number of thiocarbonyl (C=S) groups is 1. The van der Waals surface area contributed by atoms with Gasteiger partial charge >= 0.3 is 5.97 Å². The lowest BCUT2D eigenvalue weighted by Gasteiger charge is -2.30. The molecular weight excluding hydrogens is 304 g/mol. The van der Waals surface area contributed by atoms with Gasteiger partial charge in [0, 0.05) is 5.70 Å². The number of nitrogens with one attached hydrogen (secondary N) is 2. The summed E-state index contributed by atoms with van der Waals surface area (Å²) in [6.45, 7) is 2.84. The van der Waals surface area contributed by atoms with E-state index in [9.17, 15) is 4.79 Å². The summed E-state index contributed by atoms with van der Waals surface area (Å²) in [4.78, 5) is 12.1. The highest BCUT2D eigenvalue weighted by Crippen LogP contribution is 2.35. The number of methoxy groups -OCH3 is 1. The molecule has 6 nitrogen and oxygen atoms in total. The number of ether oxygens (including phenoxy) is 3. The predicted molar refractivity (Wildman–Crippen MR) is 83.8 cm³/mol. The molecule has 0 bridgehead atoms. The van der Waals surface area contributed by atoms with Crippen molar-refractivity contribution >= 4 is 23.3 Å². The molecule has 0 saturated carbocycles. The molecule has 2 aliphatic heterocycles. The Morgan fingerprint density at radius 2 is 2.05 bits per heavy atom. The Bertz CT molecular complexity index is 672. The van der Waals surface area contributed by atoms with Gasteiger partial charge in [0.25, 0.3) is 0 Å². The van der Waals surface area contributed by atoms with Crippen molar-refractivity contribution in [3.8, 4) is 11.5 Å². The zero-order chi connectivity index (χ0) is 15.7. The van der Waals surface area contributed by atoms with Crippen molar-refractivity contribution in [2.24, 2.45) is 0 Å². The van der Waals surface area contributed by atoms with Crippen molar-refractivity contribution in [2.45, 2.75) is 13.0 Å². The molecule has 2 N–H and O–H groups in total. The molecule has 1 aromatic carbocycles. The van der Waals surface area contributed by atoms with Gasteiger partial charge in [0.1, 0.15) is 13.2 Å². The van der Waals surface area contributed by atoms with Gasteiger partial charge in [0.2, 0.25) is 0 Å². The maximum Gasteiger partial charge on any atom is 0.337 e. The second kappa shape index (κ2) is 5.84. The van der Waals surface area contributed by atoms with Crippen LogP contribution in [0, 0.1) is 0 Å². The molecule has 22 heavy (non-hydrogen) atoms. The lowest BCUT2D eigenvalue weighted by molar-refractivity contribution is -0.136. The zero-order valence-electron chi connectivity index (χ0n) is 12.3. The van der Waals surface area contributed by atoms with Crippen molar-refractivity contribution in [3.63, 3.8) is 0 Å². The molecule has 7 heteroatoms. The minimum atomic E-state index is -0.403. The number of carbonyl (C=O) groups excluding carboxylic acids is 1. The molecular formula is C15H16N2O4S. The van der Waals surface area contributed by atoms with E-state index in [1.54, 1.807) is 6.92 Å². The van der Waals surface area contributed by atoms with Crippen LogP contribution in [0.5, 0.6) is 11.5 Å². The van der Waals surface area contributed by atoms with Gasteiger partial charge < -0.3 is 24.8 Å². The molecule has 2 heterocycles. The van der Waals surface area contributed by atoms with Crippen LogP contribution in [-0.2, 0) is 9.53 Å². The van der Waals surface area contributed by atoms with E-state index in [-0.39, 0.29) is 0 Å². The molecule has 116 valence electrons. The van der Waals surface area contributed by atoms with E-state index in [2.05, 4.69) is 10.6 Å². The maximum absolute atomic E-state index is 12.1. The largest absolute Gasteiger partial charge is 0.486 e. The van der Waals surface area contributed by atoms with Crippen molar-refractivity contribution in [1.29, 1.82) is 0 Å². The first-order chi connectivity index (χ1) is 10.6. The molecule has 0 spiro atoms. The number of carbonyl (C=O) groups is 1. The van der Waals surface area contributed by atoms with Crippen molar-refractivity contribution in [2.75, 3.05) is 20.3 Å². The Morgan fingerprint density at radius 1 is 1.32 bits per heavy atom. The average Bonchev–Trinajstić information content (AvgIpc) is 2.53. The molecule has 0 unspecified atom stereocenters. The molecule has 0 aliphatic carbocycles. The number of hydrogen-bond donors (Lipinski definition) is 2. The van der Waals surface area contributed by atoms with Gasteiger partial charge in [0.05, 0.1) is 18.7 Å². The van der Waals surface area contributed by atoms with Crippen LogP contribution in [0.1, 0.15) is 18.5 Å². The summed E-state index contributed by atoms with van der Waals surface area (Å²) in [5.41, 5.74) is 2.02. The minimum absolute atomic E-state index is 0.392. The van der Waals surface area contributed by atoms with Gasteiger partial charge in [-0.1, -0.05) is 6.07 Å². The van der Waals surface area contributed by atoms with Crippen LogP contribution < -0.4 is 20.1 Å². The third-order valence-corrected chi connectivity index (χ3v) is 3.79.